The fraction of sp³-hybridized carbons (Fsp3) is 0.0820. The minimum Gasteiger partial charge on any atom is -0.307 e. The van der Waals surface area contributed by atoms with Crippen LogP contribution in [0, 0.1) is 28.1 Å². The molecule has 0 amide bonds. The van der Waals surface area contributed by atoms with Crippen molar-refractivity contribution >= 4 is 43.6 Å². The molecule has 0 fully saturated rings. The molecule has 0 N–H and O–H groups in total. The van der Waals surface area contributed by atoms with E-state index in [2.05, 4.69) is 12.1 Å². The van der Waals surface area contributed by atoms with Crippen molar-refractivity contribution in [1.29, 1.82) is 10.5 Å². The molecule has 4 nitrogen and oxygen atoms in total. The van der Waals surface area contributed by atoms with Crippen molar-refractivity contribution < 1.29 is 17.6 Å². The van der Waals surface area contributed by atoms with Crippen LogP contribution in [0.5, 0.6) is 0 Å². The molecule has 0 atom stereocenters. The van der Waals surface area contributed by atoms with Crippen LogP contribution >= 0.6 is 0 Å². The second-order valence-electron chi connectivity index (χ2n) is 18.3. The first-order valence-corrected chi connectivity index (χ1v) is 22.6. The van der Waals surface area contributed by atoms with E-state index in [1.807, 2.05) is 170 Å². The summed E-state index contributed by atoms with van der Waals surface area (Å²) in [4.78, 5) is 0. The first kappa shape index (κ1) is 41.7. The van der Waals surface area contributed by atoms with E-state index < -0.39 is 50.9 Å². The van der Waals surface area contributed by atoms with Gasteiger partial charge in [-0.15, -0.1) is 0 Å². The number of nitriles is 2. The smallest absolute Gasteiger partial charge is 0.286 e. The van der Waals surface area contributed by atoms with Gasteiger partial charge in [0, 0.05) is 21.5 Å². The van der Waals surface area contributed by atoms with Gasteiger partial charge in [-0.25, -0.2) is 17.6 Å². The number of fused-ring (bicyclic) bond motifs is 7. The predicted octanol–water partition coefficient (Wildman–Crippen LogP) is 16.5. The summed E-state index contributed by atoms with van der Waals surface area (Å²) in [5.74, 6) is -8.46. The normalized spacial score (nSPS) is 14.6. The SMILES string of the molecule is CC1(C)C(F)(F)c2c(-n3c4ccc(-c5ccccc5)cc4c4cc(-c5ccccc5)ccc43)c(C#N)c(C#N)c(-n3c4ccc(-c5ccccc5)cc4c4cc(-c5ccccc5)ccc43)c2C1(F)F. The van der Waals surface area contributed by atoms with Crippen LogP contribution in [0.1, 0.15) is 36.1 Å². The van der Waals surface area contributed by atoms with E-state index in [1.54, 1.807) is 24.3 Å². The van der Waals surface area contributed by atoms with Crippen molar-refractivity contribution in [3.8, 4) is 68.0 Å². The number of halogens is 4. The molecule has 0 bridgehead atoms. The van der Waals surface area contributed by atoms with E-state index in [-0.39, 0.29) is 0 Å². The summed E-state index contributed by atoms with van der Waals surface area (Å²) >= 11 is 0. The summed E-state index contributed by atoms with van der Waals surface area (Å²) < 4.78 is 75.1. The Balaban J connectivity index is 1.24. The molecule has 1 aliphatic carbocycles. The summed E-state index contributed by atoms with van der Waals surface area (Å²) in [7, 11) is 0. The molecule has 0 unspecified atom stereocenters. The maximum absolute atomic E-state index is 18.0. The van der Waals surface area contributed by atoms with Gasteiger partial charge in [0.05, 0.1) is 55.7 Å². The molecule has 0 radical (unpaired) electrons. The van der Waals surface area contributed by atoms with Crippen molar-refractivity contribution in [2.45, 2.75) is 25.7 Å². The third kappa shape index (κ3) is 5.92. The average molecular weight is 903 g/mol. The van der Waals surface area contributed by atoms with E-state index in [9.17, 15) is 10.5 Å². The quantitative estimate of drug-likeness (QED) is 0.156. The minimum absolute atomic E-state index is 0.410. The Labute approximate surface area is 394 Å². The third-order valence-corrected chi connectivity index (χ3v) is 14.3. The molecule has 9 aromatic carbocycles. The minimum atomic E-state index is -4.23. The highest BCUT2D eigenvalue weighted by molar-refractivity contribution is 6.14. The Morgan fingerprint density at radius 3 is 0.826 bits per heavy atom. The van der Waals surface area contributed by atoms with Gasteiger partial charge in [0.25, 0.3) is 11.8 Å². The molecule has 69 heavy (non-hydrogen) atoms. The maximum Gasteiger partial charge on any atom is 0.286 e. The zero-order valence-electron chi connectivity index (χ0n) is 37.3. The van der Waals surface area contributed by atoms with Crippen molar-refractivity contribution in [3.05, 3.63) is 216 Å². The summed E-state index contributed by atoms with van der Waals surface area (Å²) in [6.07, 6.45) is 0. The molecular weight excluding hydrogens is 865 g/mol. The Morgan fingerprint density at radius 2 is 0.594 bits per heavy atom. The van der Waals surface area contributed by atoms with E-state index in [0.717, 1.165) is 58.4 Å². The van der Waals surface area contributed by atoms with Crippen LogP contribution in [0.4, 0.5) is 17.6 Å². The highest BCUT2D eigenvalue weighted by Gasteiger charge is 2.73. The largest absolute Gasteiger partial charge is 0.307 e. The summed E-state index contributed by atoms with van der Waals surface area (Å²) in [5.41, 5.74) is 1.96. The zero-order chi connectivity index (χ0) is 47.4. The molecule has 12 rings (SSSR count). The van der Waals surface area contributed by atoms with Gasteiger partial charge in [0.2, 0.25) is 0 Å². The van der Waals surface area contributed by atoms with Gasteiger partial charge in [-0.1, -0.05) is 146 Å². The van der Waals surface area contributed by atoms with Gasteiger partial charge in [-0.2, -0.15) is 10.5 Å². The number of rotatable bonds is 6. The Morgan fingerprint density at radius 1 is 0.348 bits per heavy atom. The van der Waals surface area contributed by atoms with Crippen LogP contribution in [0.25, 0.3) is 99.5 Å². The molecule has 0 saturated carbocycles. The fourth-order valence-electron chi connectivity index (χ4n) is 10.6. The van der Waals surface area contributed by atoms with E-state index in [1.165, 1.54) is 9.13 Å². The van der Waals surface area contributed by atoms with Crippen LogP contribution in [-0.4, -0.2) is 9.13 Å². The van der Waals surface area contributed by atoms with Crippen LogP contribution < -0.4 is 0 Å². The first-order valence-electron chi connectivity index (χ1n) is 22.6. The second-order valence-corrected chi connectivity index (χ2v) is 18.3. The summed E-state index contributed by atoms with van der Waals surface area (Å²) in [6.45, 7) is 1.74. The summed E-state index contributed by atoms with van der Waals surface area (Å²) in [6, 6.07) is 65.6. The lowest BCUT2D eigenvalue weighted by atomic mass is 9.83. The van der Waals surface area contributed by atoms with E-state index >= 15 is 17.6 Å². The molecule has 2 heterocycles. The van der Waals surface area contributed by atoms with Crippen LogP contribution in [0.15, 0.2) is 194 Å². The number of hydrogen-bond donors (Lipinski definition) is 0. The van der Waals surface area contributed by atoms with Gasteiger partial charge in [-0.05, 0) is 107 Å². The van der Waals surface area contributed by atoms with Gasteiger partial charge in [0.1, 0.15) is 17.6 Å². The Bertz CT molecular complexity index is 3540. The Hall–Kier alpha value is -8.72. The van der Waals surface area contributed by atoms with Crippen molar-refractivity contribution in [3.63, 3.8) is 0 Å². The fourth-order valence-corrected chi connectivity index (χ4v) is 10.6. The predicted molar refractivity (Wildman–Crippen MR) is 268 cm³/mol. The standard InChI is InChI=1S/C61H38F4N4/c1-59(2)60(62,63)55-56(61(59,64)65)58(69-53-29-25-43(39-19-11-5-12-20-39)33-47(53)48-34-44(26-30-54(48)69)40-21-13-6-14-22-40)50(36-67)49(35-66)57(55)68-51-27-23-41(37-15-7-3-8-16-37)31-45(51)46-32-42(24-28-52(46)68)38-17-9-4-10-18-38/h3-34H,1-2H3. The maximum atomic E-state index is 18.0. The molecule has 8 heteroatoms. The highest BCUT2D eigenvalue weighted by Crippen LogP contribution is 2.68. The molecule has 1 aliphatic rings. The number of benzene rings is 9. The zero-order valence-corrected chi connectivity index (χ0v) is 37.3. The first-order chi connectivity index (χ1) is 33.4. The molecule has 330 valence electrons. The lowest BCUT2D eigenvalue weighted by Gasteiger charge is -2.32. The van der Waals surface area contributed by atoms with Gasteiger partial charge < -0.3 is 9.13 Å². The average Bonchev–Trinajstić information content (AvgIpc) is 3.92. The van der Waals surface area contributed by atoms with Crippen LogP contribution in [-0.2, 0) is 11.8 Å². The van der Waals surface area contributed by atoms with Crippen molar-refractivity contribution in [2.75, 3.05) is 0 Å². The van der Waals surface area contributed by atoms with Gasteiger partial charge in [0.15, 0.2) is 0 Å². The lowest BCUT2D eigenvalue weighted by Crippen LogP contribution is -2.39. The van der Waals surface area contributed by atoms with Gasteiger partial charge in [-0.3, -0.25) is 0 Å². The Kier molecular flexibility index (Phi) is 9.15. The number of alkyl halides is 4. The van der Waals surface area contributed by atoms with Crippen LogP contribution in [0.2, 0.25) is 0 Å². The second kappa shape index (κ2) is 15.2. The molecular formula is C61H38F4N4. The van der Waals surface area contributed by atoms with E-state index in [0.29, 0.717) is 43.6 Å². The molecule has 0 aliphatic heterocycles. The van der Waals surface area contributed by atoms with E-state index in [4.69, 9.17) is 0 Å². The third-order valence-electron chi connectivity index (χ3n) is 14.3. The number of hydrogen-bond acceptors (Lipinski definition) is 2. The van der Waals surface area contributed by atoms with Crippen molar-refractivity contribution in [1.82, 2.24) is 9.13 Å². The lowest BCUT2D eigenvalue weighted by molar-refractivity contribution is -0.212. The summed E-state index contributed by atoms with van der Waals surface area (Å²) in [5, 5.41) is 25.5. The number of aromatic nitrogens is 2. The van der Waals surface area contributed by atoms with Gasteiger partial charge >= 0.3 is 0 Å². The topological polar surface area (TPSA) is 57.4 Å². The monoisotopic (exact) mass is 902 g/mol. The molecule has 0 saturated heterocycles. The molecule has 2 aromatic heterocycles. The van der Waals surface area contributed by atoms with Crippen LogP contribution in [0.3, 0.4) is 0 Å². The molecule has 11 aromatic rings. The number of nitrogens with zero attached hydrogens (tertiary/aromatic N) is 4. The molecule has 0 spiro atoms. The highest BCUT2D eigenvalue weighted by atomic mass is 19.3. The van der Waals surface area contributed by atoms with Crippen molar-refractivity contribution in [2.24, 2.45) is 5.41 Å².